The fraction of sp³-hybridized carbons (Fsp3) is 0.800. The molecular formula is C10H21N3O4. The molecule has 0 spiro atoms. The van der Waals surface area contributed by atoms with Gasteiger partial charge in [0.2, 0.25) is 0 Å². The highest BCUT2D eigenvalue weighted by atomic mass is 16.6. The standard InChI is InChI=1S/C10H21N3O4/c1-5-6(7(14)8(11)13-16)12-9(15)17-10(2,3)4/h6-7,14,16H,5H2,1-4H3,(H2,11,13)(H,12,15). The zero-order valence-corrected chi connectivity index (χ0v) is 10.6. The van der Waals surface area contributed by atoms with Crippen molar-refractivity contribution >= 4 is 11.9 Å². The molecule has 0 saturated heterocycles. The molecule has 0 rings (SSSR count). The minimum atomic E-state index is -1.25. The fourth-order valence-electron chi connectivity index (χ4n) is 1.13. The third-order valence-corrected chi connectivity index (χ3v) is 1.94. The Hall–Kier alpha value is -1.50. The van der Waals surface area contributed by atoms with Crippen molar-refractivity contribution in [3.05, 3.63) is 0 Å². The van der Waals surface area contributed by atoms with Gasteiger partial charge < -0.3 is 26.1 Å². The molecule has 0 aliphatic heterocycles. The van der Waals surface area contributed by atoms with Crippen molar-refractivity contribution in [2.75, 3.05) is 0 Å². The van der Waals surface area contributed by atoms with Crippen molar-refractivity contribution in [2.24, 2.45) is 10.9 Å². The van der Waals surface area contributed by atoms with Crippen molar-refractivity contribution in [3.63, 3.8) is 0 Å². The number of carbonyl (C=O) groups is 1. The summed E-state index contributed by atoms with van der Waals surface area (Å²) in [6.45, 7) is 6.93. The lowest BCUT2D eigenvalue weighted by Crippen LogP contribution is -2.50. The molecule has 0 heterocycles. The molecule has 7 heteroatoms. The molecule has 0 bridgehead atoms. The number of aliphatic hydroxyl groups excluding tert-OH is 1. The third-order valence-electron chi connectivity index (χ3n) is 1.94. The number of hydrogen-bond donors (Lipinski definition) is 4. The average molecular weight is 247 g/mol. The van der Waals surface area contributed by atoms with Crippen LogP contribution in [-0.4, -0.2) is 40.0 Å². The molecule has 0 saturated carbocycles. The van der Waals surface area contributed by atoms with Gasteiger partial charge in [0.05, 0.1) is 6.04 Å². The number of carbonyl (C=O) groups excluding carboxylic acids is 1. The highest BCUT2D eigenvalue weighted by molar-refractivity contribution is 5.85. The summed E-state index contributed by atoms with van der Waals surface area (Å²) in [6.07, 6.45) is -1.50. The second-order valence-corrected chi connectivity index (χ2v) is 4.63. The van der Waals surface area contributed by atoms with Crippen LogP contribution in [0.2, 0.25) is 0 Å². The number of nitrogens with one attached hydrogen (secondary N) is 1. The van der Waals surface area contributed by atoms with Crippen molar-refractivity contribution in [1.29, 1.82) is 0 Å². The number of aliphatic hydroxyl groups is 1. The molecule has 2 atom stereocenters. The number of hydrogen-bond acceptors (Lipinski definition) is 5. The monoisotopic (exact) mass is 247 g/mol. The Morgan fingerprint density at radius 3 is 2.41 bits per heavy atom. The summed E-state index contributed by atoms with van der Waals surface area (Å²) in [5.74, 6) is -0.354. The fourth-order valence-corrected chi connectivity index (χ4v) is 1.13. The van der Waals surface area contributed by atoms with E-state index in [1.807, 2.05) is 0 Å². The maximum absolute atomic E-state index is 11.5. The number of ether oxygens (including phenoxy) is 1. The van der Waals surface area contributed by atoms with Gasteiger partial charge >= 0.3 is 6.09 Å². The molecular weight excluding hydrogens is 226 g/mol. The van der Waals surface area contributed by atoms with Crippen LogP contribution in [0.5, 0.6) is 0 Å². The number of nitrogens with zero attached hydrogens (tertiary/aromatic N) is 1. The molecule has 17 heavy (non-hydrogen) atoms. The SMILES string of the molecule is CCC(NC(=O)OC(C)(C)C)C(O)C(N)=NO. The van der Waals surface area contributed by atoms with E-state index in [1.54, 1.807) is 27.7 Å². The Bertz CT molecular complexity index is 286. The summed E-state index contributed by atoms with van der Waals surface area (Å²) in [4.78, 5) is 11.5. The van der Waals surface area contributed by atoms with E-state index in [4.69, 9.17) is 15.7 Å². The van der Waals surface area contributed by atoms with Crippen LogP contribution in [-0.2, 0) is 4.74 Å². The molecule has 0 aliphatic carbocycles. The van der Waals surface area contributed by atoms with Gasteiger partial charge in [-0.15, -0.1) is 0 Å². The molecule has 0 aromatic rings. The van der Waals surface area contributed by atoms with Crippen LogP contribution in [0.4, 0.5) is 4.79 Å². The number of amides is 1. The summed E-state index contributed by atoms with van der Waals surface area (Å²) < 4.78 is 5.03. The van der Waals surface area contributed by atoms with Crippen molar-refractivity contribution in [2.45, 2.75) is 51.9 Å². The highest BCUT2D eigenvalue weighted by Gasteiger charge is 2.25. The summed E-state index contributed by atoms with van der Waals surface area (Å²) in [6, 6.07) is -0.666. The van der Waals surface area contributed by atoms with E-state index in [2.05, 4.69) is 10.5 Å². The van der Waals surface area contributed by atoms with Crippen LogP contribution in [0.3, 0.4) is 0 Å². The first kappa shape index (κ1) is 15.5. The quantitative estimate of drug-likeness (QED) is 0.248. The molecule has 0 aromatic heterocycles. The van der Waals surface area contributed by atoms with E-state index >= 15 is 0 Å². The Labute approximate surface area is 101 Å². The summed E-state index contributed by atoms with van der Waals surface area (Å²) in [5, 5.41) is 23.2. The van der Waals surface area contributed by atoms with Gasteiger partial charge in [0.1, 0.15) is 11.7 Å². The van der Waals surface area contributed by atoms with Crippen LogP contribution < -0.4 is 11.1 Å². The first-order valence-corrected chi connectivity index (χ1v) is 5.36. The van der Waals surface area contributed by atoms with Crippen LogP contribution in [0.25, 0.3) is 0 Å². The zero-order chi connectivity index (χ0) is 13.6. The van der Waals surface area contributed by atoms with Crippen molar-refractivity contribution in [3.8, 4) is 0 Å². The highest BCUT2D eigenvalue weighted by Crippen LogP contribution is 2.08. The van der Waals surface area contributed by atoms with E-state index in [0.29, 0.717) is 6.42 Å². The molecule has 0 fully saturated rings. The van der Waals surface area contributed by atoms with E-state index < -0.39 is 23.8 Å². The van der Waals surface area contributed by atoms with Crippen molar-refractivity contribution < 1.29 is 19.8 Å². The maximum Gasteiger partial charge on any atom is 0.407 e. The Balaban J connectivity index is 4.46. The molecule has 2 unspecified atom stereocenters. The number of rotatable bonds is 4. The van der Waals surface area contributed by atoms with Crippen molar-refractivity contribution in [1.82, 2.24) is 5.32 Å². The molecule has 5 N–H and O–H groups in total. The number of alkyl carbamates (subject to hydrolysis) is 1. The van der Waals surface area contributed by atoms with Crippen LogP contribution in [0, 0.1) is 0 Å². The first-order valence-electron chi connectivity index (χ1n) is 5.36. The van der Waals surface area contributed by atoms with Crippen LogP contribution in [0.1, 0.15) is 34.1 Å². The van der Waals surface area contributed by atoms with E-state index in [9.17, 15) is 9.90 Å². The lowest BCUT2D eigenvalue weighted by molar-refractivity contribution is 0.0459. The van der Waals surface area contributed by atoms with Crippen LogP contribution in [0.15, 0.2) is 5.16 Å². The number of nitrogens with two attached hydrogens (primary N) is 1. The van der Waals surface area contributed by atoms with Gasteiger partial charge in [-0.2, -0.15) is 0 Å². The first-order chi connectivity index (χ1) is 7.71. The Morgan fingerprint density at radius 2 is 2.06 bits per heavy atom. The molecule has 7 nitrogen and oxygen atoms in total. The Kier molecular flexibility index (Phi) is 5.73. The lowest BCUT2D eigenvalue weighted by atomic mass is 10.1. The van der Waals surface area contributed by atoms with Gasteiger partial charge in [0.25, 0.3) is 0 Å². The number of oxime groups is 1. The van der Waals surface area contributed by atoms with Gasteiger partial charge in [-0.05, 0) is 27.2 Å². The zero-order valence-electron chi connectivity index (χ0n) is 10.6. The van der Waals surface area contributed by atoms with E-state index in [-0.39, 0.29) is 5.84 Å². The predicted molar refractivity (Wildman–Crippen MR) is 62.9 cm³/mol. The van der Waals surface area contributed by atoms with Gasteiger partial charge in [-0.3, -0.25) is 0 Å². The smallest absolute Gasteiger partial charge is 0.407 e. The predicted octanol–water partition coefficient (Wildman–Crippen LogP) is 0.397. The van der Waals surface area contributed by atoms with E-state index in [0.717, 1.165) is 0 Å². The molecule has 100 valence electrons. The van der Waals surface area contributed by atoms with Gasteiger partial charge in [-0.1, -0.05) is 12.1 Å². The summed E-state index contributed by atoms with van der Waals surface area (Å²) >= 11 is 0. The number of amidine groups is 1. The van der Waals surface area contributed by atoms with Gasteiger partial charge in [0.15, 0.2) is 5.84 Å². The van der Waals surface area contributed by atoms with Crippen LogP contribution >= 0.6 is 0 Å². The summed E-state index contributed by atoms with van der Waals surface area (Å²) in [5.41, 5.74) is 4.63. The molecule has 0 aromatic carbocycles. The van der Waals surface area contributed by atoms with Gasteiger partial charge in [0, 0.05) is 0 Å². The lowest BCUT2D eigenvalue weighted by Gasteiger charge is -2.25. The average Bonchev–Trinajstić information content (AvgIpc) is 2.21. The second kappa shape index (κ2) is 6.29. The molecule has 0 aliphatic rings. The third kappa shape index (κ3) is 5.96. The van der Waals surface area contributed by atoms with E-state index in [1.165, 1.54) is 0 Å². The molecule has 1 amide bonds. The normalized spacial score (nSPS) is 16.2. The topological polar surface area (TPSA) is 117 Å². The Morgan fingerprint density at radius 1 is 1.53 bits per heavy atom. The maximum atomic E-state index is 11.5. The second-order valence-electron chi connectivity index (χ2n) is 4.63. The molecule has 0 radical (unpaired) electrons. The minimum Gasteiger partial charge on any atom is -0.444 e. The summed E-state index contributed by atoms with van der Waals surface area (Å²) in [7, 11) is 0. The van der Waals surface area contributed by atoms with Gasteiger partial charge in [-0.25, -0.2) is 4.79 Å². The largest absolute Gasteiger partial charge is 0.444 e. The minimum absolute atomic E-state index is 0.354.